The highest BCUT2D eigenvalue weighted by atomic mass is 16.1. The molecule has 0 aliphatic rings. The van der Waals surface area contributed by atoms with Gasteiger partial charge in [-0.2, -0.15) is 0 Å². The molecule has 1 atom stereocenters. The van der Waals surface area contributed by atoms with E-state index in [-0.39, 0.29) is 0 Å². The second kappa shape index (κ2) is 5.97. The van der Waals surface area contributed by atoms with Crippen LogP contribution in [-0.4, -0.2) is 19.5 Å². The van der Waals surface area contributed by atoms with Crippen LogP contribution in [0.15, 0.2) is 54.6 Å². The number of carbonyl (C=O) groups is 1. The molecule has 0 aliphatic heterocycles. The van der Waals surface area contributed by atoms with Crippen LogP contribution in [0, 0.1) is 6.92 Å². The summed E-state index contributed by atoms with van der Waals surface area (Å²) in [6, 6.07) is 17.3. The van der Waals surface area contributed by atoms with E-state index in [1.807, 2.05) is 73.5 Å². The van der Waals surface area contributed by atoms with E-state index >= 15 is 0 Å². The molecule has 1 unspecified atom stereocenters. The van der Waals surface area contributed by atoms with Crippen molar-refractivity contribution < 1.29 is 4.79 Å². The fourth-order valence-electron chi connectivity index (χ4n) is 2.31. The number of rotatable bonds is 5. The molecule has 110 valence electrons. The van der Waals surface area contributed by atoms with E-state index in [0.717, 1.165) is 11.3 Å². The number of nitrogens with two attached hydrogens (primary N) is 2. The first kappa shape index (κ1) is 15.1. The van der Waals surface area contributed by atoms with Gasteiger partial charge in [0.2, 0.25) is 5.91 Å². The van der Waals surface area contributed by atoms with Gasteiger partial charge in [0, 0.05) is 19.3 Å². The molecule has 21 heavy (non-hydrogen) atoms. The van der Waals surface area contributed by atoms with E-state index < -0.39 is 11.4 Å². The lowest BCUT2D eigenvalue weighted by molar-refractivity contribution is -0.123. The zero-order valence-corrected chi connectivity index (χ0v) is 12.4. The Bertz CT molecular complexity index is 610. The van der Waals surface area contributed by atoms with Gasteiger partial charge in [-0.05, 0) is 24.6 Å². The van der Waals surface area contributed by atoms with Gasteiger partial charge in [-0.15, -0.1) is 0 Å². The SMILES string of the molecule is Cc1ccc(N(C)CC(N)(C(N)=O)c2ccccc2)cc1. The lowest BCUT2D eigenvalue weighted by Crippen LogP contribution is -2.55. The Labute approximate surface area is 125 Å². The standard InChI is InChI=1S/C17H21N3O/c1-13-8-10-15(11-9-13)20(2)12-17(19,16(18)21)14-6-4-3-5-7-14/h3-11H,12,19H2,1-2H3,(H2,18,21). The Morgan fingerprint density at radius 3 is 2.19 bits per heavy atom. The molecular formula is C17H21N3O. The van der Waals surface area contributed by atoms with Crippen LogP contribution in [0.2, 0.25) is 0 Å². The number of benzene rings is 2. The molecule has 0 aliphatic carbocycles. The first-order valence-electron chi connectivity index (χ1n) is 6.85. The number of carbonyl (C=O) groups excluding carboxylic acids is 1. The molecule has 0 spiro atoms. The number of hydrogen-bond donors (Lipinski definition) is 2. The largest absolute Gasteiger partial charge is 0.372 e. The molecular weight excluding hydrogens is 262 g/mol. The molecule has 0 radical (unpaired) electrons. The van der Waals surface area contributed by atoms with E-state index in [9.17, 15) is 4.79 Å². The van der Waals surface area contributed by atoms with Crippen molar-refractivity contribution in [1.29, 1.82) is 0 Å². The summed E-state index contributed by atoms with van der Waals surface area (Å²) in [4.78, 5) is 13.9. The van der Waals surface area contributed by atoms with Gasteiger partial charge in [-0.25, -0.2) is 0 Å². The molecule has 0 fully saturated rings. The average molecular weight is 283 g/mol. The molecule has 0 bridgehead atoms. The number of aryl methyl sites for hydroxylation is 1. The quantitative estimate of drug-likeness (QED) is 0.878. The summed E-state index contributed by atoms with van der Waals surface area (Å²) in [6.07, 6.45) is 0. The fourth-order valence-corrected chi connectivity index (χ4v) is 2.31. The van der Waals surface area contributed by atoms with Gasteiger partial charge in [0.25, 0.3) is 0 Å². The van der Waals surface area contributed by atoms with Crippen LogP contribution in [-0.2, 0) is 10.3 Å². The Balaban J connectivity index is 2.28. The third-order valence-corrected chi connectivity index (χ3v) is 3.69. The summed E-state index contributed by atoms with van der Waals surface area (Å²) >= 11 is 0. The minimum Gasteiger partial charge on any atom is -0.372 e. The highest BCUT2D eigenvalue weighted by Gasteiger charge is 2.35. The number of anilines is 1. The van der Waals surface area contributed by atoms with Gasteiger partial charge in [0.05, 0.1) is 0 Å². The van der Waals surface area contributed by atoms with Crippen LogP contribution in [0.3, 0.4) is 0 Å². The van der Waals surface area contributed by atoms with E-state index in [1.165, 1.54) is 5.56 Å². The lowest BCUT2D eigenvalue weighted by Gasteiger charge is -2.32. The molecule has 2 rings (SSSR count). The Hall–Kier alpha value is -2.33. The third kappa shape index (κ3) is 3.23. The minimum atomic E-state index is -1.22. The van der Waals surface area contributed by atoms with Crippen LogP contribution in [0.4, 0.5) is 5.69 Å². The molecule has 0 saturated heterocycles. The topological polar surface area (TPSA) is 72.3 Å². The van der Waals surface area contributed by atoms with Gasteiger partial charge >= 0.3 is 0 Å². The van der Waals surface area contributed by atoms with Crippen molar-refractivity contribution in [1.82, 2.24) is 0 Å². The summed E-state index contributed by atoms with van der Waals surface area (Å²) in [7, 11) is 1.90. The summed E-state index contributed by atoms with van der Waals surface area (Å²) in [5.41, 5.74) is 13.6. The molecule has 2 aromatic carbocycles. The van der Waals surface area contributed by atoms with Crippen molar-refractivity contribution in [2.45, 2.75) is 12.5 Å². The molecule has 4 N–H and O–H groups in total. The van der Waals surface area contributed by atoms with Crippen LogP contribution in [0.1, 0.15) is 11.1 Å². The van der Waals surface area contributed by atoms with E-state index in [1.54, 1.807) is 0 Å². The lowest BCUT2D eigenvalue weighted by atomic mass is 9.89. The normalized spacial score (nSPS) is 13.5. The number of hydrogen-bond acceptors (Lipinski definition) is 3. The smallest absolute Gasteiger partial charge is 0.243 e. The van der Waals surface area contributed by atoms with Crippen LogP contribution >= 0.6 is 0 Å². The van der Waals surface area contributed by atoms with Crippen LogP contribution in [0.25, 0.3) is 0 Å². The maximum atomic E-state index is 11.9. The first-order valence-corrected chi connectivity index (χ1v) is 6.85. The number of nitrogens with zero attached hydrogens (tertiary/aromatic N) is 1. The van der Waals surface area contributed by atoms with Gasteiger partial charge < -0.3 is 16.4 Å². The summed E-state index contributed by atoms with van der Waals surface area (Å²) in [5.74, 6) is -0.535. The van der Waals surface area contributed by atoms with Gasteiger partial charge in [-0.1, -0.05) is 48.0 Å². The predicted molar refractivity (Wildman–Crippen MR) is 86.0 cm³/mol. The predicted octanol–water partition coefficient (Wildman–Crippen LogP) is 1.77. The highest BCUT2D eigenvalue weighted by molar-refractivity contribution is 5.86. The zero-order chi connectivity index (χ0) is 15.5. The molecule has 0 saturated carbocycles. The van der Waals surface area contributed by atoms with E-state index in [2.05, 4.69) is 0 Å². The zero-order valence-electron chi connectivity index (χ0n) is 12.4. The van der Waals surface area contributed by atoms with Gasteiger partial charge in [0.1, 0.15) is 5.54 Å². The Morgan fingerprint density at radius 1 is 1.10 bits per heavy atom. The van der Waals surface area contributed by atoms with E-state index in [4.69, 9.17) is 11.5 Å². The second-order valence-corrected chi connectivity index (χ2v) is 5.39. The van der Waals surface area contributed by atoms with Crippen molar-refractivity contribution in [3.05, 3.63) is 65.7 Å². The second-order valence-electron chi connectivity index (χ2n) is 5.39. The molecule has 1 amide bonds. The van der Waals surface area contributed by atoms with Crippen molar-refractivity contribution in [3.63, 3.8) is 0 Å². The minimum absolute atomic E-state index is 0.315. The summed E-state index contributed by atoms with van der Waals surface area (Å²) < 4.78 is 0. The molecule has 0 heterocycles. The summed E-state index contributed by atoms with van der Waals surface area (Å²) in [5, 5.41) is 0. The number of likely N-dealkylation sites (N-methyl/N-ethyl adjacent to an activating group) is 1. The Morgan fingerprint density at radius 2 is 1.67 bits per heavy atom. The summed E-state index contributed by atoms with van der Waals surface area (Å²) in [6.45, 7) is 2.35. The number of primary amides is 1. The molecule has 0 aromatic heterocycles. The van der Waals surface area contributed by atoms with Crippen molar-refractivity contribution in [3.8, 4) is 0 Å². The monoisotopic (exact) mass is 283 g/mol. The average Bonchev–Trinajstić information content (AvgIpc) is 2.48. The fraction of sp³-hybridized carbons (Fsp3) is 0.235. The van der Waals surface area contributed by atoms with Crippen LogP contribution in [0.5, 0.6) is 0 Å². The van der Waals surface area contributed by atoms with Crippen LogP contribution < -0.4 is 16.4 Å². The van der Waals surface area contributed by atoms with Gasteiger partial charge in [-0.3, -0.25) is 4.79 Å². The number of amides is 1. The third-order valence-electron chi connectivity index (χ3n) is 3.69. The maximum absolute atomic E-state index is 11.9. The Kier molecular flexibility index (Phi) is 4.29. The molecule has 2 aromatic rings. The van der Waals surface area contributed by atoms with E-state index in [0.29, 0.717) is 6.54 Å². The first-order chi connectivity index (χ1) is 9.93. The molecule has 4 nitrogen and oxygen atoms in total. The van der Waals surface area contributed by atoms with Crippen molar-refractivity contribution in [2.24, 2.45) is 11.5 Å². The van der Waals surface area contributed by atoms with Gasteiger partial charge in [0.15, 0.2) is 0 Å². The highest BCUT2D eigenvalue weighted by Crippen LogP contribution is 2.22. The van der Waals surface area contributed by atoms with Crippen molar-refractivity contribution in [2.75, 3.05) is 18.5 Å². The maximum Gasteiger partial charge on any atom is 0.243 e. The van der Waals surface area contributed by atoms with Crippen molar-refractivity contribution >= 4 is 11.6 Å². The molecule has 4 heteroatoms.